The summed E-state index contributed by atoms with van der Waals surface area (Å²) in [5, 5.41) is 11.1. The lowest BCUT2D eigenvalue weighted by Gasteiger charge is -2.36. The third-order valence-corrected chi connectivity index (χ3v) is 4.02. The normalized spacial score (nSPS) is 17.0. The van der Waals surface area contributed by atoms with Gasteiger partial charge < -0.3 is 9.64 Å². The van der Waals surface area contributed by atoms with Crippen molar-refractivity contribution in [2.24, 2.45) is 5.41 Å². The minimum atomic E-state index is -0.945. The molecule has 2 heterocycles. The predicted octanol–water partition coefficient (Wildman–Crippen LogP) is 1.56. The molecular formula is C12H14N2O2S. The van der Waals surface area contributed by atoms with Crippen LogP contribution >= 0.6 is 11.3 Å². The molecule has 1 amide bonds. The van der Waals surface area contributed by atoms with E-state index in [1.807, 2.05) is 18.4 Å². The number of nitriles is 1. The second-order valence-corrected chi connectivity index (χ2v) is 5.38. The van der Waals surface area contributed by atoms with Crippen LogP contribution in [-0.4, -0.2) is 31.1 Å². The first-order chi connectivity index (χ1) is 8.09. The molecule has 4 nitrogen and oxygen atoms in total. The highest BCUT2D eigenvalue weighted by atomic mass is 32.1. The molecule has 1 saturated heterocycles. The van der Waals surface area contributed by atoms with E-state index in [1.54, 1.807) is 23.3 Å². The Balaban J connectivity index is 2.06. The molecule has 0 radical (unpaired) electrons. The lowest BCUT2D eigenvalue weighted by molar-refractivity contribution is -0.160. The molecular weight excluding hydrogens is 236 g/mol. The van der Waals surface area contributed by atoms with Gasteiger partial charge in [-0.25, -0.2) is 0 Å². The van der Waals surface area contributed by atoms with Crippen LogP contribution in [0, 0.1) is 23.7 Å². The zero-order chi connectivity index (χ0) is 12.5. The first-order valence-electron chi connectivity index (χ1n) is 5.36. The summed E-state index contributed by atoms with van der Waals surface area (Å²) in [6, 6.07) is 4.11. The highest BCUT2D eigenvalue weighted by molar-refractivity contribution is 7.10. The summed E-state index contributed by atoms with van der Waals surface area (Å²) in [6.07, 6.45) is 0. The van der Waals surface area contributed by atoms with Crippen molar-refractivity contribution in [1.82, 2.24) is 4.90 Å². The van der Waals surface area contributed by atoms with Gasteiger partial charge in [0.15, 0.2) is 5.41 Å². The van der Waals surface area contributed by atoms with E-state index in [9.17, 15) is 4.79 Å². The summed E-state index contributed by atoms with van der Waals surface area (Å²) in [5.74, 6) is -0.140. The van der Waals surface area contributed by atoms with E-state index in [0.717, 1.165) is 4.88 Å². The van der Waals surface area contributed by atoms with Gasteiger partial charge >= 0.3 is 0 Å². The average molecular weight is 250 g/mol. The number of hydrogen-bond donors (Lipinski definition) is 0. The van der Waals surface area contributed by atoms with E-state index >= 15 is 0 Å². The highest BCUT2D eigenvalue weighted by Gasteiger charge is 2.48. The van der Waals surface area contributed by atoms with E-state index in [2.05, 4.69) is 6.07 Å². The number of aryl methyl sites for hydroxylation is 1. The molecule has 0 unspecified atom stereocenters. The summed E-state index contributed by atoms with van der Waals surface area (Å²) in [4.78, 5) is 14.9. The molecule has 0 saturated carbocycles. The van der Waals surface area contributed by atoms with Crippen molar-refractivity contribution in [2.75, 3.05) is 20.3 Å². The van der Waals surface area contributed by atoms with E-state index in [4.69, 9.17) is 10.00 Å². The van der Waals surface area contributed by atoms with Crippen molar-refractivity contribution in [1.29, 1.82) is 5.26 Å². The largest absolute Gasteiger partial charge is 0.377 e. The molecule has 5 heteroatoms. The fourth-order valence-corrected chi connectivity index (χ4v) is 2.72. The molecule has 0 aliphatic carbocycles. The van der Waals surface area contributed by atoms with Gasteiger partial charge in [-0.1, -0.05) is 0 Å². The van der Waals surface area contributed by atoms with Crippen molar-refractivity contribution in [2.45, 2.75) is 13.5 Å². The zero-order valence-electron chi connectivity index (χ0n) is 9.90. The van der Waals surface area contributed by atoms with Gasteiger partial charge in [0.2, 0.25) is 5.91 Å². The van der Waals surface area contributed by atoms with Crippen molar-refractivity contribution < 1.29 is 9.53 Å². The van der Waals surface area contributed by atoms with Gasteiger partial charge in [0.05, 0.1) is 25.8 Å². The summed E-state index contributed by atoms with van der Waals surface area (Å²) in [7, 11) is 1.74. The van der Waals surface area contributed by atoms with E-state index in [1.165, 1.54) is 5.56 Å². The quantitative estimate of drug-likeness (QED) is 0.818. The molecule has 1 aliphatic heterocycles. The Morgan fingerprint density at radius 2 is 2.41 bits per heavy atom. The fourth-order valence-electron chi connectivity index (χ4n) is 1.76. The summed E-state index contributed by atoms with van der Waals surface area (Å²) in [5.41, 5.74) is 0.241. The van der Waals surface area contributed by atoms with Crippen molar-refractivity contribution >= 4 is 17.2 Å². The summed E-state index contributed by atoms with van der Waals surface area (Å²) >= 11 is 1.63. The SMILES string of the molecule is Cc1ccsc1CN(C)C(=O)C1(C#N)COC1. The monoisotopic (exact) mass is 250 g/mol. The second kappa shape index (κ2) is 4.47. The maximum Gasteiger partial charge on any atom is 0.247 e. The first kappa shape index (κ1) is 12.1. The summed E-state index contributed by atoms with van der Waals surface area (Å²) < 4.78 is 4.99. The Bertz CT molecular complexity index is 471. The topological polar surface area (TPSA) is 53.3 Å². The highest BCUT2D eigenvalue weighted by Crippen LogP contribution is 2.29. The molecule has 0 atom stereocenters. The Hall–Kier alpha value is -1.38. The Morgan fingerprint density at radius 3 is 2.82 bits per heavy atom. The minimum absolute atomic E-state index is 0.140. The number of rotatable bonds is 3. The van der Waals surface area contributed by atoms with Gasteiger partial charge in [-0.2, -0.15) is 5.26 Å². The average Bonchev–Trinajstić information content (AvgIpc) is 2.63. The summed E-state index contributed by atoms with van der Waals surface area (Å²) in [6.45, 7) is 3.02. The van der Waals surface area contributed by atoms with Crippen LogP contribution in [-0.2, 0) is 16.1 Å². The van der Waals surface area contributed by atoms with E-state index < -0.39 is 5.41 Å². The number of amides is 1. The van der Waals surface area contributed by atoms with Crippen LogP contribution in [0.15, 0.2) is 11.4 Å². The van der Waals surface area contributed by atoms with Crippen LogP contribution in [0.25, 0.3) is 0 Å². The molecule has 17 heavy (non-hydrogen) atoms. The van der Waals surface area contributed by atoms with Gasteiger partial charge in [-0.05, 0) is 23.9 Å². The van der Waals surface area contributed by atoms with Crippen LogP contribution in [0.5, 0.6) is 0 Å². The molecule has 0 spiro atoms. The minimum Gasteiger partial charge on any atom is -0.377 e. The standard InChI is InChI=1S/C12H14N2O2S/c1-9-3-4-17-10(9)5-14(2)11(15)12(6-13)7-16-8-12/h3-4H,5,7-8H2,1-2H3. The molecule has 0 bridgehead atoms. The van der Waals surface area contributed by atoms with Gasteiger partial charge in [0, 0.05) is 11.9 Å². The second-order valence-electron chi connectivity index (χ2n) is 4.37. The first-order valence-corrected chi connectivity index (χ1v) is 6.24. The van der Waals surface area contributed by atoms with Gasteiger partial charge in [0.25, 0.3) is 0 Å². The lowest BCUT2D eigenvalue weighted by atomic mass is 9.86. The van der Waals surface area contributed by atoms with Crippen LogP contribution in [0.4, 0.5) is 0 Å². The third-order valence-electron chi connectivity index (χ3n) is 3.02. The molecule has 1 aromatic rings. The number of thiophene rings is 1. The number of carbonyl (C=O) groups excluding carboxylic acids is 1. The van der Waals surface area contributed by atoms with Crippen molar-refractivity contribution in [3.05, 3.63) is 21.9 Å². The Morgan fingerprint density at radius 1 is 1.71 bits per heavy atom. The number of hydrogen-bond acceptors (Lipinski definition) is 4. The van der Waals surface area contributed by atoms with Crippen LogP contribution in [0.3, 0.4) is 0 Å². The van der Waals surface area contributed by atoms with E-state index in [0.29, 0.717) is 6.54 Å². The molecule has 1 aliphatic rings. The van der Waals surface area contributed by atoms with Crippen molar-refractivity contribution in [3.63, 3.8) is 0 Å². The smallest absolute Gasteiger partial charge is 0.247 e. The van der Waals surface area contributed by atoms with Crippen molar-refractivity contribution in [3.8, 4) is 6.07 Å². The van der Waals surface area contributed by atoms with Crippen LogP contribution in [0.2, 0.25) is 0 Å². The maximum atomic E-state index is 12.1. The molecule has 1 fully saturated rings. The lowest BCUT2D eigenvalue weighted by Crippen LogP contribution is -2.53. The molecule has 2 rings (SSSR count). The maximum absolute atomic E-state index is 12.1. The molecule has 0 aromatic carbocycles. The third kappa shape index (κ3) is 2.06. The molecule has 1 aromatic heterocycles. The predicted molar refractivity (Wildman–Crippen MR) is 64.4 cm³/mol. The Kier molecular flexibility index (Phi) is 3.18. The number of carbonyl (C=O) groups is 1. The van der Waals surface area contributed by atoms with Crippen LogP contribution < -0.4 is 0 Å². The number of ether oxygens (including phenoxy) is 1. The van der Waals surface area contributed by atoms with Gasteiger partial charge in [-0.15, -0.1) is 11.3 Å². The Labute approximate surface area is 104 Å². The fraction of sp³-hybridized carbons (Fsp3) is 0.500. The molecule has 0 N–H and O–H groups in total. The zero-order valence-corrected chi connectivity index (χ0v) is 10.7. The van der Waals surface area contributed by atoms with Crippen LogP contribution in [0.1, 0.15) is 10.4 Å². The van der Waals surface area contributed by atoms with Gasteiger partial charge in [-0.3, -0.25) is 4.79 Å². The number of nitrogens with zero attached hydrogens (tertiary/aromatic N) is 2. The van der Waals surface area contributed by atoms with Gasteiger partial charge in [0.1, 0.15) is 0 Å². The van der Waals surface area contributed by atoms with E-state index in [-0.39, 0.29) is 19.1 Å². The molecule has 90 valence electrons.